The van der Waals surface area contributed by atoms with Gasteiger partial charge in [0, 0.05) is 23.7 Å². The van der Waals surface area contributed by atoms with Crippen molar-refractivity contribution in [3.8, 4) is 0 Å². The van der Waals surface area contributed by atoms with E-state index in [-0.39, 0.29) is 11.8 Å². The normalized spacial score (nSPS) is 27.1. The molecule has 4 heteroatoms. The van der Waals surface area contributed by atoms with Gasteiger partial charge in [0.1, 0.15) is 0 Å². The third-order valence-electron chi connectivity index (χ3n) is 2.02. The van der Waals surface area contributed by atoms with Crippen LogP contribution < -0.4 is 16.6 Å². The molecule has 1 heterocycles. The molecule has 0 saturated carbocycles. The summed E-state index contributed by atoms with van der Waals surface area (Å²) in [4.78, 5) is 10.8. The van der Waals surface area contributed by atoms with Crippen LogP contribution in [-0.4, -0.2) is 12.5 Å². The number of primary amides is 1. The molecule has 1 aliphatic heterocycles. The molecule has 2 rings (SSSR count). The van der Waals surface area contributed by atoms with E-state index < -0.39 is 0 Å². The first-order valence-corrected chi connectivity index (χ1v) is 3.49. The number of rotatable bonds is 1. The van der Waals surface area contributed by atoms with Gasteiger partial charge in [0.2, 0.25) is 5.91 Å². The minimum atomic E-state index is -0.327. The number of amides is 1. The summed E-state index contributed by atoms with van der Waals surface area (Å²) in [6, 6.07) is 0. The van der Waals surface area contributed by atoms with Crippen LogP contribution in [0.4, 0.5) is 0 Å². The average molecular weight is 151 g/mol. The summed E-state index contributed by atoms with van der Waals surface area (Å²) in [7, 11) is 0. The van der Waals surface area contributed by atoms with Gasteiger partial charge in [0.15, 0.2) is 0 Å². The molecule has 2 aliphatic rings. The van der Waals surface area contributed by atoms with Crippen LogP contribution in [-0.2, 0) is 4.79 Å². The Hall–Kier alpha value is -1.29. The molecule has 1 amide bonds. The fourth-order valence-corrected chi connectivity index (χ4v) is 1.44. The van der Waals surface area contributed by atoms with E-state index >= 15 is 0 Å². The van der Waals surface area contributed by atoms with Crippen LogP contribution in [0.2, 0.25) is 0 Å². The molecule has 11 heavy (non-hydrogen) atoms. The summed E-state index contributed by atoms with van der Waals surface area (Å²) >= 11 is 0. The fourth-order valence-electron chi connectivity index (χ4n) is 1.44. The summed E-state index contributed by atoms with van der Waals surface area (Å²) in [6.45, 7) is 0.751. The molecule has 1 aliphatic carbocycles. The standard InChI is InChI=1S/C7H9N3O/c8-7(11)4-1-2-6-5(4)3-9-10-6/h1-2,5,9-10H,3H2,(H2,8,11). The molecule has 4 nitrogen and oxygen atoms in total. The van der Waals surface area contributed by atoms with Gasteiger partial charge in [-0.05, 0) is 6.08 Å². The zero-order chi connectivity index (χ0) is 7.84. The molecule has 4 N–H and O–H groups in total. The zero-order valence-electron chi connectivity index (χ0n) is 5.92. The molecule has 0 aromatic heterocycles. The van der Waals surface area contributed by atoms with E-state index in [1.807, 2.05) is 6.08 Å². The van der Waals surface area contributed by atoms with E-state index in [1.54, 1.807) is 6.08 Å². The van der Waals surface area contributed by atoms with Gasteiger partial charge in [0.25, 0.3) is 0 Å². The van der Waals surface area contributed by atoms with Gasteiger partial charge in [0.05, 0.1) is 0 Å². The highest BCUT2D eigenvalue weighted by Crippen LogP contribution is 2.26. The number of fused-ring (bicyclic) bond motifs is 1. The Morgan fingerprint density at radius 1 is 1.64 bits per heavy atom. The Morgan fingerprint density at radius 2 is 2.45 bits per heavy atom. The number of carbonyl (C=O) groups excluding carboxylic acids is 1. The van der Waals surface area contributed by atoms with Crippen LogP contribution in [0.25, 0.3) is 0 Å². The molecular formula is C7H9N3O. The van der Waals surface area contributed by atoms with Crippen molar-refractivity contribution >= 4 is 5.91 Å². The van der Waals surface area contributed by atoms with Crippen molar-refractivity contribution in [1.82, 2.24) is 10.9 Å². The second kappa shape index (κ2) is 2.10. The summed E-state index contributed by atoms with van der Waals surface area (Å²) in [6.07, 6.45) is 3.65. The minimum absolute atomic E-state index is 0.160. The van der Waals surface area contributed by atoms with Gasteiger partial charge in [-0.2, -0.15) is 0 Å². The first-order valence-electron chi connectivity index (χ1n) is 3.49. The van der Waals surface area contributed by atoms with Crippen LogP contribution in [0.15, 0.2) is 23.4 Å². The Kier molecular flexibility index (Phi) is 1.22. The summed E-state index contributed by atoms with van der Waals surface area (Å²) in [5.41, 5.74) is 12.8. The molecule has 0 bridgehead atoms. The van der Waals surface area contributed by atoms with E-state index in [0.717, 1.165) is 12.2 Å². The molecular weight excluding hydrogens is 142 g/mol. The van der Waals surface area contributed by atoms with Crippen molar-refractivity contribution in [3.63, 3.8) is 0 Å². The molecule has 0 aromatic rings. The maximum atomic E-state index is 10.8. The number of nitrogens with two attached hydrogens (primary N) is 1. The Balaban J connectivity index is 2.24. The van der Waals surface area contributed by atoms with Crippen molar-refractivity contribution in [2.24, 2.45) is 11.7 Å². The van der Waals surface area contributed by atoms with Crippen LogP contribution in [0.1, 0.15) is 0 Å². The Labute approximate surface area is 64.1 Å². The molecule has 0 aromatic carbocycles. The fraction of sp³-hybridized carbons (Fsp3) is 0.286. The smallest absolute Gasteiger partial charge is 0.245 e. The molecule has 1 unspecified atom stereocenters. The summed E-state index contributed by atoms with van der Waals surface area (Å²) in [5.74, 6) is -0.167. The van der Waals surface area contributed by atoms with E-state index in [2.05, 4.69) is 10.9 Å². The lowest BCUT2D eigenvalue weighted by molar-refractivity contribution is -0.114. The first-order chi connectivity index (χ1) is 5.29. The third-order valence-corrected chi connectivity index (χ3v) is 2.02. The lowest BCUT2D eigenvalue weighted by atomic mass is 10.0. The third kappa shape index (κ3) is 0.832. The highest BCUT2D eigenvalue weighted by molar-refractivity contribution is 5.94. The highest BCUT2D eigenvalue weighted by Gasteiger charge is 2.29. The lowest BCUT2D eigenvalue weighted by Gasteiger charge is -2.04. The SMILES string of the molecule is NC(=O)C1=CC=C2NNCC21. The Bertz CT molecular complexity index is 267. The summed E-state index contributed by atoms with van der Waals surface area (Å²) in [5, 5.41) is 0. The number of nitrogens with one attached hydrogen (secondary N) is 2. The maximum Gasteiger partial charge on any atom is 0.245 e. The number of hydrogen-bond acceptors (Lipinski definition) is 3. The molecule has 0 radical (unpaired) electrons. The number of hydrazine groups is 1. The van der Waals surface area contributed by atoms with Crippen molar-refractivity contribution in [2.45, 2.75) is 0 Å². The van der Waals surface area contributed by atoms with Crippen LogP contribution in [0.5, 0.6) is 0 Å². The average Bonchev–Trinajstić information content (AvgIpc) is 2.41. The predicted octanol–water partition coefficient (Wildman–Crippen LogP) is -0.980. The molecule has 0 spiro atoms. The first kappa shape index (κ1) is 6.42. The Morgan fingerprint density at radius 3 is 3.18 bits per heavy atom. The second-order valence-electron chi connectivity index (χ2n) is 2.67. The topological polar surface area (TPSA) is 67.2 Å². The lowest BCUT2D eigenvalue weighted by Crippen LogP contribution is -2.22. The quantitative estimate of drug-likeness (QED) is 0.451. The number of allylic oxidation sites excluding steroid dienone is 2. The van der Waals surface area contributed by atoms with Crippen molar-refractivity contribution in [1.29, 1.82) is 0 Å². The van der Waals surface area contributed by atoms with Crippen molar-refractivity contribution < 1.29 is 4.79 Å². The zero-order valence-corrected chi connectivity index (χ0v) is 5.92. The molecule has 1 atom stereocenters. The molecule has 1 fully saturated rings. The van der Waals surface area contributed by atoms with Gasteiger partial charge in [-0.3, -0.25) is 4.79 Å². The van der Waals surface area contributed by atoms with Crippen LogP contribution in [0, 0.1) is 5.92 Å². The van der Waals surface area contributed by atoms with E-state index in [0.29, 0.717) is 5.57 Å². The van der Waals surface area contributed by atoms with Gasteiger partial charge in [-0.15, -0.1) is 0 Å². The largest absolute Gasteiger partial charge is 0.366 e. The van der Waals surface area contributed by atoms with Gasteiger partial charge >= 0.3 is 0 Å². The van der Waals surface area contributed by atoms with E-state index in [1.165, 1.54) is 0 Å². The van der Waals surface area contributed by atoms with Crippen molar-refractivity contribution in [3.05, 3.63) is 23.4 Å². The van der Waals surface area contributed by atoms with E-state index in [9.17, 15) is 4.79 Å². The van der Waals surface area contributed by atoms with Crippen LogP contribution >= 0.6 is 0 Å². The minimum Gasteiger partial charge on any atom is -0.366 e. The number of carbonyl (C=O) groups is 1. The molecule has 1 saturated heterocycles. The summed E-state index contributed by atoms with van der Waals surface area (Å²) < 4.78 is 0. The second-order valence-corrected chi connectivity index (χ2v) is 2.67. The monoisotopic (exact) mass is 151 g/mol. The van der Waals surface area contributed by atoms with Gasteiger partial charge < -0.3 is 11.2 Å². The number of hydrogen-bond donors (Lipinski definition) is 3. The van der Waals surface area contributed by atoms with Gasteiger partial charge in [-0.1, -0.05) is 6.08 Å². The van der Waals surface area contributed by atoms with Crippen molar-refractivity contribution in [2.75, 3.05) is 6.54 Å². The van der Waals surface area contributed by atoms with E-state index in [4.69, 9.17) is 5.73 Å². The maximum absolute atomic E-state index is 10.8. The molecule has 58 valence electrons. The van der Waals surface area contributed by atoms with Gasteiger partial charge in [-0.25, -0.2) is 5.43 Å². The predicted molar refractivity (Wildman–Crippen MR) is 40.0 cm³/mol. The van der Waals surface area contributed by atoms with Crippen LogP contribution in [0.3, 0.4) is 0 Å². The highest BCUT2D eigenvalue weighted by atomic mass is 16.1.